The molecule has 0 radical (unpaired) electrons. The van der Waals surface area contributed by atoms with E-state index in [1.165, 1.54) is 90.1 Å². The second kappa shape index (κ2) is 12.4. The van der Waals surface area contributed by atoms with Gasteiger partial charge in [0.25, 0.3) is 0 Å². The maximum Gasteiger partial charge on any atom is 0.0229 e. The van der Waals surface area contributed by atoms with Gasteiger partial charge in [0.05, 0.1) is 0 Å². The van der Waals surface area contributed by atoms with E-state index in [9.17, 15) is 0 Å². The third kappa shape index (κ3) is 7.97. The van der Waals surface area contributed by atoms with Crippen molar-refractivity contribution < 1.29 is 0 Å². The first-order valence-electron chi connectivity index (χ1n) is 10.1. The van der Waals surface area contributed by atoms with Crippen molar-refractivity contribution >= 4 is 0 Å². The van der Waals surface area contributed by atoms with Gasteiger partial charge in [0.1, 0.15) is 0 Å². The molecule has 2 nitrogen and oxygen atoms in total. The first kappa shape index (κ1) is 20.0. The number of unbranched alkanes of at least 4 members (excludes halogenated alkanes) is 7. The summed E-state index contributed by atoms with van der Waals surface area (Å²) < 4.78 is 0. The minimum Gasteiger partial charge on any atom is -0.305 e. The van der Waals surface area contributed by atoms with Crippen molar-refractivity contribution in [2.45, 2.75) is 103 Å². The van der Waals surface area contributed by atoms with Crippen LogP contribution in [0.15, 0.2) is 0 Å². The number of likely N-dealkylation sites (N-methyl/N-ethyl adjacent to an activating group) is 1. The highest BCUT2D eigenvalue weighted by Gasteiger charge is 2.28. The zero-order valence-corrected chi connectivity index (χ0v) is 15.9. The Hall–Kier alpha value is -0.0800. The first-order valence-corrected chi connectivity index (χ1v) is 10.1. The van der Waals surface area contributed by atoms with Gasteiger partial charge in [-0.05, 0) is 33.4 Å². The Morgan fingerprint density at radius 1 is 0.864 bits per heavy atom. The number of nitrogens with zero attached hydrogens (tertiary/aromatic N) is 2. The van der Waals surface area contributed by atoms with Gasteiger partial charge in [-0.1, -0.05) is 71.6 Å². The van der Waals surface area contributed by atoms with Crippen LogP contribution in [0.25, 0.3) is 0 Å². The lowest BCUT2D eigenvalue weighted by atomic mass is 9.99. The van der Waals surface area contributed by atoms with Crippen molar-refractivity contribution in [3.8, 4) is 0 Å². The third-order valence-corrected chi connectivity index (χ3v) is 5.47. The fraction of sp³-hybridized carbons (Fsp3) is 1.00. The molecule has 1 saturated heterocycles. The van der Waals surface area contributed by atoms with E-state index in [0.717, 1.165) is 12.1 Å². The van der Waals surface area contributed by atoms with E-state index < -0.39 is 0 Å². The molecule has 0 aromatic carbocycles. The molecular weight excluding hydrogens is 268 g/mol. The molecule has 0 aromatic heterocycles. The predicted molar refractivity (Wildman–Crippen MR) is 99.6 cm³/mol. The summed E-state index contributed by atoms with van der Waals surface area (Å²) in [6.45, 7) is 7.26. The number of rotatable bonds is 13. The van der Waals surface area contributed by atoms with E-state index >= 15 is 0 Å². The van der Waals surface area contributed by atoms with Crippen molar-refractivity contribution in [2.75, 3.05) is 27.2 Å². The van der Waals surface area contributed by atoms with Gasteiger partial charge >= 0.3 is 0 Å². The average Bonchev–Trinajstić information content (AvgIpc) is 2.99. The van der Waals surface area contributed by atoms with Crippen LogP contribution in [-0.2, 0) is 0 Å². The lowest BCUT2D eigenvalue weighted by Gasteiger charge is -2.29. The maximum absolute atomic E-state index is 2.82. The highest BCUT2D eigenvalue weighted by Crippen LogP contribution is 2.23. The largest absolute Gasteiger partial charge is 0.305 e. The van der Waals surface area contributed by atoms with E-state index in [1.54, 1.807) is 0 Å². The third-order valence-electron chi connectivity index (χ3n) is 5.47. The molecule has 1 rings (SSSR count). The molecule has 0 N–H and O–H groups in total. The normalized spacial score (nSPS) is 20.9. The molecular formula is C20H42N2. The Labute approximate surface area is 140 Å². The molecule has 1 fully saturated rings. The predicted octanol–water partition coefficient (Wildman–Crippen LogP) is 5.32. The van der Waals surface area contributed by atoms with Crippen molar-refractivity contribution in [1.82, 2.24) is 9.80 Å². The molecule has 0 amide bonds. The van der Waals surface area contributed by atoms with E-state index in [-0.39, 0.29) is 0 Å². The van der Waals surface area contributed by atoms with Gasteiger partial charge in [-0.3, -0.25) is 4.90 Å². The Kier molecular flexibility index (Phi) is 11.2. The highest BCUT2D eigenvalue weighted by molar-refractivity contribution is 4.85. The summed E-state index contributed by atoms with van der Waals surface area (Å²) >= 11 is 0. The number of hydrogen-bond donors (Lipinski definition) is 0. The van der Waals surface area contributed by atoms with Crippen molar-refractivity contribution in [2.24, 2.45) is 0 Å². The van der Waals surface area contributed by atoms with Gasteiger partial charge in [0.2, 0.25) is 0 Å². The SMILES string of the molecule is CCCCCCCC(CCCCCC)N1CC[C@@H](N(C)C)C1. The van der Waals surface area contributed by atoms with Crippen LogP contribution in [0.5, 0.6) is 0 Å². The van der Waals surface area contributed by atoms with Crippen LogP contribution in [0.4, 0.5) is 0 Å². The van der Waals surface area contributed by atoms with Crippen molar-refractivity contribution in [3.63, 3.8) is 0 Å². The lowest BCUT2D eigenvalue weighted by Crippen LogP contribution is -2.37. The Bertz CT molecular complexity index is 252. The summed E-state index contributed by atoms with van der Waals surface area (Å²) in [4.78, 5) is 5.24. The zero-order chi connectivity index (χ0) is 16.2. The molecule has 0 aliphatic carbocycles. The number of hydrogen-bond acceptors (Lipinski definition) is 2. The van der Waals surface area contributed by atoms with E-state index in [4.69, 9.17) is 0 Å². The van der Waals surface area contributed by atoms with Crippen LogP contribution in [0, 0.1) is 0 Å². The average molecular weight is 311 g/mol. The van der Waals surface area contributed by atoms with Crippen molar-refractivity contribution in [3.05, 3.63) is 0 Å². The summed E-state index contributed by atoms with van der Waals surface area (Å²) in [5, 5.41) is 0. The molecule has 1 aliphatic rings. The Balaban J connectivity index is 2.33. The molecule has 0 saturated carbocycles. The van der Waals surface area contributed by atoms with E-state index in [1.807, 2.05) is 0 Å². The molecule has 132 valence electrons. The quantitative estimate of drug-likeness (QED) is 0.425. The summed E-state index contributed by atoms with van der Waals surface area (Å²) in [5.74, 6) is 0. The summed E-state index contributed by atoms with van der Waals surface area (Å²) in [6.07, 6.45) is 17.0. The minimum atomic E-state index is 0.790. The minimum absolute atomic E-state index is 0.790. The standard InChI is InChI=1S/C20H42N2/c1-5-7-9-11-13-15-19(14-12-10-8-6-2)22-17-16-20(18-22)21(3)4/h19-20H,5-18H2,1-4H3/t19?,20-/m1/s1. The van der Waals surface area contributed by atoms with Crippen LogP contribution in [0.3, 0.4) is 0 Å². The van der Waals surface area contributed by atoms with Gasteiger partial charge in [-0.2, -0.15) is 0 Å². The zero-order valence-electron chi connectivity index (χ0n) is 15.9. The molecule has 22 heavy (non-hydrogen) atoms. The molecule has 1 unspecified atom stereocenters. The van der Waals surface area contributed by atoms with Crippen LogP contribution < -0.4 is 0 Å². The summed E-state index contributed by atoms with van der Waals surface area (Å²) in [5.41, 5.74) is 0. The van der Waals surface area contributed by atoms with E-state index in [0.29, 0.717) is 0 Å². The van der Waals surface area contributed by atoms with Gasteiger partial charge in [0.15, 0.2) is 0 Å². The smallest absolute Gasteiger partial charge is 0.0229 e. The molecule has 2 heteroatoms. The Morgan fingerprint density at radius 3 is 1.91 bits per heavy atom. The lowest BCUT2D eigenvalue weighted by molar-refractivity contribution is 0.190. The van der Waals surface area contributed by atoms with Gasteiger partial charge < -0.3 is 4.90 Å². The highest BCUT2D eigenvalue weighted by atomic mass is 15.2. The number of likely N-dealkylation sites (tertiary alicyclic amines) is 1. The Morgan fingerprint density at radius 2 is 1.41 bits per heavy atom. The van der Waals surface area contributed by atoms with Crippen LogP contribution in [-0.4, -0.2) is 49.1 Å². The maximum atomic E-state index is 2.82. The molecule has 0 aromatic rings. The molecule has 2 atom stereocenters. The monoisotopic (exact) mass is 310 g/mol. The van der Waals surface area contributed by atoms with Crippen LogP contribution in [0.1, 0.15) is 90.9 Å². The molecule has 0 bridgehead atoms. The van der Waals surface area contributed by atoms with Crippen LogP contribution in [0.2, 0.25) is 0 Å². The van der Waals surface area contributed by atoms with Gasteiger partial charge in [-0.15, -0.1) is 0 Å². The summed E-state index contributed by atoms with van der Waals surface area (Å²) in [6, 6.07) is 1.65. The second-order valence-electron chi connectivity index (χ2n) is 7.61. The summed E-state index contributed by atoms with van der Waals surface area (Å²) in [7, 11) is 4.49. The second-order valence-corrected chi connectivity index (χ2v) is 7.61. The topological polar surface area (TPSA) is 6.48 Å². The molecule has 1 aliphatic heterocycles. The van der Waals surface area contributed by atoms with Crippen molar-refractivity contribution in [1.29, 1.82) is 0 Å². The fourth-order valence-corrected chi connectivity index (χ4v) is 3.82. The first-order chi connectivity index (χ1) is 10.7. The van der Waals surface area contributed by atoms with Gasteiger partial charge in [-0.25, -0.2) is 0 Å². The molecule has 1 heterocycles. The molecule has 0 spiro atoms. The van der Waals surface area contributed by atoms with Gasteiger partial charge in [0, 0.05) is 25.2 Å². The van der Waals surface area contributed by atoms with Crippen LogP contribution >= 0.6 is 0 Å². The van der Waals surface area contributed by atoms with E-state index in [2.05, 4.69) is 37.7 Å². The fourth-order valence-electron chi connectivity index (χ4n) is 3.82.